The molecule has 34 heavy (non-hydrogen) atoms. The summed E-state index contributed by atoms with van der Waals surface area (Å²) in [6.07, 6.45) is 0.972. The van der Waals surface area contributed by atoms with Gasteiger partial charge in [0.15, 0.2) is 11.6 Å². The van der Waals surface area contributed by atoms with Crippen molar-refractivity contribution in [3.05, 3.63) is 59.7 Å². The van der Waals surface area contributed by atoms with Crippen LogP contribution in [0.5, 0.6) is 5.75 Å². The highest BCUT2D eigenvalue weighted by Crippen LogP contribution is 2.22. The Bertz CT molecular complexity index is 1130. The predicted octanol–water partition coefficient (Wildman–Crippen LogP) is 2.68. The van der Waals surface area contributed by atoms with E-state index in [4.69, 9.17) is 4.74 Å². The highest BCUT2D eigenvalue weighted by atomic mass is 32.2. The molecule has 0 aromatic heterocycles. The molecular formula is C23H29F2N3O5S. The Hall–Kier alpha value is -3.21. The second-order valence-electron chi connectivity index (χ2n) is 7.70. The molecule has 1 N–H and O–H groups in total. The molecule has 2 amide bonds. The van der Waals surface area contributed by atoms with E-state index in [0.29, 0.717) is 5.75 Å². The maximum atomic E-state index is 13.6. The Balaban J connectivity index is 2.17. The lowest BCUT2D eigenvalue weighted by Gasteiger charge is -2.29. The number of ether oxygens (including phenoxy) is 1. The van der Waals surface area contributed by atoms with Crippen molar-refractivity contribution in [2.24, 2.45) is 0 Å². The fourth-order valence-corrected chi connectivity index (χ4v) is 4.36. The average Bonchev–Trinajstić information content (AvgIpc) is 2.80. The van der Waals surface area contributed by atoms with Crippen LogP contribution in [0.1, 0.15) is 25.3 Å². The van der Waals surface area contributed by atoms with Crippen LogP contribution in [-0.4, -0.2) is 58.1 Å². The molecule has 0 radical (unpaired) electrons. The van der Waals surface area contributed by atoms with Gasteiger partial charge in [0.05, 0.1) is 19.1 Å². The molecule has 0 spiro atoms. The van der Waals surface area contributed by atoms with E-state index in [1.807, 2.05) is 0 Å². The quantitative estimate of drug-likeness (QED) is 0.515. The van der Waals surface area contributed by atoms with Crippen LogP contribution >= 0.6 is 0 Å². The first-order valence-electron chi connectivity index (χ1n) is 10.5. The van der Waals surface area contributed by atoms with Gasteiger partial charge >= 0.3 is 0 Å². The number of carbonyl (C=O) groups is 2. The number of nitrogens with one attached hydrogen (secondary N) is 1. The van der Waals surface area contributed by atoms with Crippen molar-refractivity contribution < 1.29 is 31.5 Å². The zero-order chi connectivity index (χ0) is 25.5. The molecule has 2 aromatic carbocycles. The van der Waals surface area contributed by atoms with Crippen LogP contribution in [0.2, 0.25) is 0 Å². The van der Waals surface area contributed by atoms with Gasteiger partial charge in [0.2, 0.25) is 21.8 Å². The van der Waals surface area contributed by atoms with Crippen LogP contribution in [0, 0.1) is 11.6 Å². The van der Waals surface area contributed by atoms with Crippen molar-refractivity contribution in [3.63, 3.8) is 0 Å². The van der Waals surface area contributed by atoms with E-state index in [1.54, 1.807) is 31.2 Å². The summed E-state index contributed by atoms with van der Waals surface area (Å²) in [5, 5.41) is 2.52. The SMILES string of the molecule is CNC(=O)[C@@H](C)N(Cc1cccc(OC)c1)C(=O)CCCN(c1ccc(F)c(F)c1)S(C)(=O)=O. The van der Waals surface area contributed by atoms with E-state index in [2.05, 4.69) is 5.32 Å². The lowest BCUT2D eigenvalue weighted by atomic mass is 10.1. The molecule has 0 fully saturated rings. The van der Waals surface area contributed by atoms with E-state index in [0.717, 1.165) is 34.3 Å². The van der Waals surface area contributed by atoms with E-state index in [-0.39, 0.29) is 43.4 Å². The fourth-order valence-electron chi connectivity index (χ4n) is 3.40. The van der Waals surface area contributed by atoms with Gasteiger partial charge in [-0.3, -0.25) is 13.9 Å². The first kappa shape index (κ1) is 27.0. The van der Waals surface area contributed by atoms with Crippen LogP contribution in [0.15, 0.2) is 42.5 Å². The van der Waals surface area contributed by atoms with Crippen LogP contribution in [0.25, 0.3) is 0 Å². The maximum absolute atomic E-state index is 13.6. The third-order valence-corrected chi connectivity index (χ3v) is 6.44. The van der Waals surface area contributed by atoms with Gasteiger partial charge in [-0.05, 0) is 43.2 Å². The van der Waals surface area contributed by atoms with Gasteiger partial charge in [0.25, 0.3) is 0 Å². The number of likely N-dealkylation sites (N-methyl/N-ethyl adjacent to an activating group) is 1. The minimum atomic E-state index is -3.81. The van der Waals surface area contributed by atoms with Crippen LogP contribution in [-0.2, 0) is 26.2 Å². The Labute approximate surface area is 198 Å². The summed E-state index contributed by atoms with van der Waals surface area (Å²) in [5.41, 5.74) is 0.712. The number of nitrogens with zero attached hydrogens (tertiary/aromatic N) is 2. The number of benzene rings is 2. The Morgan fingerprint density at radius 2 is 1.82 bits per heavy atom. The van der Waals surface area contributed by atoms with Gasteiger partial charge < -0.3 is 15.0 Å². The molecule has 0 bridgehead atoms. The van der Waals surface area contributed by atoms with Gasteiger partial charge in [-0.25, -0.2) is 17.2 Å². The molecule has 2 rings (SSSR count). The highest BCUT2D eigenvalue weighted by Gasteiger charge is 2.26. The standard InChI is InChI=1S/C23H29F2N3O5S/c1-16(23(30)26-2)27(15-17-7-5-8-19(13-17)33-3)22(29)9-6-12-28(34(4,31)32)18-10-11-20(24)21(25)14-18/h5,7-8,10-11,13-14,16H,6,9,12,15H2,1-4H3,(H,26,30)/t16-/m1/s1. The second-order valence-corrected chi connectivity index (χ2v) is 9.61. The molecule has 1 atom stereocenters. The molecule has 186 valence electrons. The highest BCUT2D eigenvalue weighted by molar-refractivity contribution is 7.92. The third-order valence-electron chi connectivity index (χ3n) is 5.24. The monoisotopic (exact) mass is 497 g/mol. The van der Waals surface area contributed by atoms with Gasteiger partial charge in [-0.1, -0.05) is 12.1 Å². The summed E-state index contributed by atoms with van der Waals surface area (Å²) in [5.74, 6) is -2.38. The summed E-state index contributed by atoms with van der Waals surface area (Å²) in [7, 11) is -0.820. The molecule has 11 heteroatoms. The van der Waals surface area contributed by atoms with E-state index < -0.39 is 27.7 Å². The summed E-state index contributed by atoms with van der Waals surface area (Å²) < 4.78 is 57.5. The molecule has 0 heterocycles. The van der Waals surface area contributed by atoms with Gasteiger partial charge in [0.1, 0.15) is 11.8 Å². The lowest BCUT2D eigenvalue weighted by molar-refractivity contribution is -0.140. The van der Waals surface area contributed by atoms with Crippen molar-refractivity contribution in [3.8, 4) is 5.75 Å². The van der Waals surface area contributed by atoms with E-state index in [9.17, 15) is 26.8 Å². The third kappa shape index (κ3) is 7.14. The van der Waals surface area contributed by atoms with E-state index in [1.165, 1.54) is 19.1 Å². The zero-order valence-corrected chi connectivity index (χ0v) is 20.4. The molecule has 0 aliphatic heterocycles. The minimum Gasteiger partial charge on any atom is -0.497 e. The number of rotatable bonds is 11. The largest absolute Gasteiger partial charge is 0.497 e. The summed E-state index contributed by atoms with van der Waals surface area (Å²) in [4.78, 5) is 26.7. The van der Waals surface area contributed by atoms with Crippen molar-refractivity contribution in [1.29, 1.82) is 0 Å². The Morgan fingerprint density at radius 3 is 2.41 bits per heavy atom. The molecule has 0 aliphatic carbocycles. The second kappa shape index (κ2) is 11.8. The fraction of sp³-hybridized carbons (Fsp3) is 0.391. The van der Waals surface area contributed by atoms with Crippen molar-refractivity contribution in [2.75, 3.05) is 31.3 Å². The molecule has 0 aliphatic rings. The number of sulfonamides is 1. The molecule has 0 saturated carbocycles. The smallest absolute Gasteiger partial charge is 0.242 e. The minimum absolute atomic E-state index is 0.0409. The number of methoxy groups -OCH3 is 1. The number of anilines is 1. The van der Waals surface area contributed by atoms with Crippen LogP contribution in [0.3, 0.4) is 0 Å². The first-order valence-corrected chi connectivity index (χ1v) is 12.4. The van der Waals surface area contributed by atoms with Crippen LogP contribution < -0.4 is 14.4 Å². The molecule has 2 aromatic rings. The maximum Gasteiger partial charge on any atom is 0.242 e. The summed E-state index contributed by atoms with van der Waals surface area (Å²) in [6.45, 7) is 1.61. The van der Waals surface area contributed by atoms with Crippen LogP contribution in [0.4, 0.5) is 14.5 Å². The number of carbonyl (C=O) groups excluding carboxylic acids is 2. The van der Waals surface area contributed by atoms with Gasteiger partial charge in [-0.2, -0.15) is 0 Å². The number of halogens is 2. The van der Waals surface area contributed by atoms with E-state index >= 15 is 0 Å². The molecular weight excluding hydrogens is 468 g/mol. The van der Waals surface area contributed by atoms with Gasteiger partial charge in [-0.15, -0.1) is 0 Å². The lowest BCUT2D eigenvalue weighted by Crippen LogP contribution is -2.46. The first-order chi connectivity index (χ1) is 16.0. The van der Waals surface area contributed by atoms with Gasteiger partial charge in [0, 0.05) is 32.6 Å². The average molecular weight is 498 g/mol. The number of hydrogen-bond donors (Lipinski definition) is 1. The Kier molecular flexibility index (Phi) is 9.36. The Morgan fingerprint density at radius 1 is 1.12 bits per heavy atom. The number of hydrogen-bond acceptors (Lipinski definition) is 5. The zero-order valence-electron chi connectivity index (χ0n) is 19.5. The molecule has 0 saturated heterocycles. The topological polar surface area (TPSA) is 96.0 Å². The predicted molar refractivity (Wildman–Crippen MR) is 125 cm³/mol. The summed E-state index contributed by atoms with van der Waals surface area (Å²) in [6, 6.07) is 9.10. The number of amides is 2. The van der Waals surface area contributed by atoms with Crippen molar-refractivity contribution in [1.82, 2.24) is 10.2 Å². The van der Waals surface area contributed by atoms with Crippen molar-refractivity contribution >= 4 is 27.5 Å². The normalized spacial score (nSPS) is 12.1. The van der Waals surface area contributed by atoms with Crippen molar-refractivity contribution in [2.45, 2.75) is 32.4 Å². The molecule has 0 unspecified atom stereocenters. The molecule has 8 nitrogen and oxygen atoms in total. The summed E-state index contributed by atoms with van der Waals surface area (Å²) >= 11 is 0.